The van der Waals surface area contributed by atoms with Gasteiger partial charge in [-0.3, -0.25) is 0 Å². The number of anilines is 1. The van der Waals surface area contributed by atoms with E-state index in [1.165, 1.54) is 23.2 Å². The van der Waals surface area contributed by atoms with Crippen LogP contribution in [-0.4, -0.2) is 24.5 Å². The standard InChI is InChI=1S/C22H19N5/c1-15-10-19(26-21(14-24)20(13-23)25-15)7-6-16-11-17-4-2-8-27-9-3-5-18(12-16)22(17)27/h2,4,6-7,11-12H,3,5,8-10H2,1H3/b7-6+. The molecule has 0 radical (unpaired) electrons. The lowest BCUT2D eigenvalue weighted by Gasteiger charge is -2.34. The second-order valence-corrected chi connectivity index (χ2v) is 6.95. The number of aryl methyl sites for hydroxylation is 1. The molecule has 1 aromatic carbocycles. The Morgan fingerprint density at radius 3 is 2.74 bits per heavy atom. The number of hydrogen-bond acceptors (Lipinski definition) is 5. The minimum Gasteiger partial charge on any atom is -0.367 e. The fourth-order valence-electron chi connectivity index (χ4n) is 3.83. The van der Waals surface area contributed by atoms with Crippen molar-refractivity contribution in [3.05, 3.63) is 52.4 Å². The summed E-state index contributed by atoms with van der Waals surface area (Å²) in [5, 5.41) is 18.4. The highest BCUT2D eigenvalue weighted by atomic mass is 15.1. The first-order valence-corrected chi connectivity index (χ1v) is 9.10. The van der Waals surface area contributed by atoms with Crippen LogP contribution in [0.3, 0.4) is 0 Å². The van der Waals surface area contributed by atoms with E-state index in [0.29, 0.717) is 6.42 Å². The monoisotopic (exact) mass is 353 g/mol. The molecule has 0 atom stereocenters. The summed E-state index contributed by atoms with van der Waals surface area (Å²) in [6.07, 6.45) is 11.2. The Balaban J connectivity index is 1.69. The summed E-state index contributed by atoms with van der Waals surface area (Å²) in [6, 6.07) is 8.38. The zero-order valence-corrected chi connectivity index (χ0v) is 15.2. The van der Waals surface area contributed by atoms with Crippen molar-refractivity contribution in [2.75, 3.05) is 18.0 Å². The summed E-state index contributed by atoms with van der Waals surface area (Å²) in [4.78, 5) is 11.0. The van der Waals surface area contributed by atoms with Gasteiger partial charge in [-0.25, -0.2) is 9.98 Å². The predicted octanol–water partition coefficient (Wildman–Crippen LogP) is 4.04. The van der Waals surface area contributed by atoms with Crippen molar-refractivity contribution >= 4 is 29.3 Å². The van der Waals surface area contributed by atoms with Gasteiger partial charge in [0.1, 0.15) is 12.1 Å². The quantitative estimate of drug-likeness (QED) is 0.805. The molecule has 1 aromatic rings. The zero-order valence-electron chi connectivity index (χ0n) is 15.2. The van der Waals surface area contributed by atoms with Crippen LogP contribution < -0.4 is 4.90 Å². The van der Waals surface area contributed by atoms with Gasteiger partial charge in [0.2, 0.25) is 0 Å². The van der Waals surface area contributed by atoms with Crippen LogP contribution >= 0.6 is 0 Å². The molecule has 0 fully saturated rings. The molecule has 0 N–H and O–H groups in total. The first kappa shape index (κ1) is 17.0. The second-order valence-electron chi connectivity index (χ2n) is 6.95. The summed E-state index contributed by atoms with van der Waals surface area (Å²) < 4.78 is 0. The van der Waals surface area contributed by atoms with Crippen LogP contribution in [0.1, 0.15) is 36.5 Å². The maximum atomic E-state index is 9.27. The Kier molecular flexibility index (Phi) is 4.44. The maximum absolute atomic E-state index is 9.27. The van der Waals surface area contributed by atoms with Crippen LogP contribution in [0.5, 0.6) is 0 Å². The van der Waals surface area contributed by atoms with Gasteiger partial charge in [0, 0.05) is 36.6 Å². The molecule has 0 saturated heterocycles. The van der Waals surface area contributed by atoms with Gasteiger partial charge in [-0.05, 0) is 54.7 Å². The van der Waals surface area contributed by atoms with E-state index in [-0.39, 0.29) is 11.4 Å². The van der Waals surface area contributed by atoms with Crippen molar-refractivity contribution < 1.29 is 0 Å². The van der Waals surface area contributed by atoms with Gasteiger partial charge in [-0.1, -0.05) is 18.2 Å². The number of hydrogen-bond donors (Lipinski definition) is 0. The molecule has 0 bridgehead atoms. The molecule has 3 heterocycles. The van der Waals surface area contributed by atoms with E-state index >= 15 is 0 Å². The highest BCUT2D eigenvalue weighted by Crippen LogP contribution is 2.35. The molecule has 0 spiro atoms. The Morgan fingerprint density at radius 1 is 1.11 bits per heavy atom. The van der Waals surface area contributed by atoms with Crippen LogP contribution in [0.25, 0.3) is 12.2 Å². The first-order valence-electron chi connectivity index (χ1n) is 9.10. The Hall–Kier alpha value is -3.44. The molecule has 0 unspecified atom stereocenters. The number of benzene rings is 1. The summed E-state index contributed by atoms with van der Waals surface area (Å²) in [5.74, 6) is 0. The Morgan fingerprint density at radius 2 is 1.93 bits per heavy atom. The molecule has 3 aliphatic heterocycles. The highest BCUT2D eigenvalue weighted by Gasteiger charge is 2.21. The van der Waals surface area contributed by atoms with Crippen LogP contribution in [0.4, 0.5) is 5.69 Å². The molecule has 0 saturated carbocycles. The molecule has 27 heavy (non-hydrogen) atoms. The average Bonchev–Trinajstić information content (AvgIpc) is 2.84. The van der Waals surface area contributed by atoms with Crippen molar-refractivity contribution in [3.8, 4) is 12.1 Å². The van der Waals surface area contributed by atoms with Gasteiger partial charge in [0.25, 0.3) is 0 Å². The van der Waals surface area contributed by atoms with Crippen molar-refractivity contribution in [3.63, 3.8) is 0 Å². The molecule has 3 aliphatic rings. The van der Waals surface area contributed by atoms with E-state index in [0.717, 1.165) is 36.5 Å². The largest absolute Gasteiger partial charge is 0.367 e. The van der Waals surface area contributed by atoms with Crippen molar-refractivity contribution in [1.82, 2.24) is 0 Å². The minimum absolute atomic E-state index is 0.0770. The smallest absolute Gasteiger partial charge is 0.177 e. The van der Waals surface area contributed by atoms with Gasteiger partial charge in [-0.2, -0.15) is 10.5 Å². The normalized spacial score (nSPS) is 18.4. The van der Waals surface area contributed by atoms with Gasteiger partial charge in [0.15, 0.2) is 11.4 Å². The summed E-state index contributed by atoms with van der Waals surface area (Å²) in [7, 11) is 0. The first-order chi connectivity index (χ1) is 13.2. The van der Waals surface area contributed by atoms with E-state index in [2.05, 4.69) is 39.2 Å². The summed E-state index contributed by atoms with van der Waals surface area (Å²) >= 11 is 0. The van der Waals surface area contributed by atoms with Crippen molar-refractivity contribution in [2.45, 2.75) is 26.2 Å². The molecule has 5 heteroatoms. The molecular weight excluding hydrogens is 334 g/mol. The molecular formula is C22H19N5. The third kappa shape index (κ3) is 3.32. The Bertz CT molecular complexity index is 1040. The van der Waals surface area contributed by atoms with E-state index in [4.69, 9.17) is 5.26 Å². The van der Waals surface area contributed by atoms with Crippen LogP contribution in [-0.2, 0) is 6.42 Å². The van der Waals surface area contributed by atoms with E-state index < -0.39 is 0 Å². The SMILES string of the molecule is CC1=NC(C#N)=C(C#N)N=C(/C=C/c2cc3c4c(c2)CCCN4CC=C3)C1. The zero-order chi connectivity index (χ0) is 18.8. The predicted molar refractivity (Wildman–Crippen MR) is 108 cm³/mol. The maximum Gasteiger partial charge on any atom is 0.177 e. The molecule has 0 aromatic heterocycles. The van der Waals surface area contributed by atoms with E-state index in [1.54, 1.807) is 0 Å². The fraction of sp³-hybridized carbons (Fsp3) is 0.273. The molecule has 132 valence electrons. The number of rotatable bonds is 2. The van der Waals surface area contributed by atoms with Crippen LogP contribution in [0, 0.1) is 22.7 Å². The topological polar surface area (TPSA) is 75.5 Å². The number of nitriles is 2. The van der Waals surface area contributed by atoms with Gasteiger partial charge in [-0.15, -0.1) is 0 Å². The summed E-state index contributed by atoms with van der Waals surface area (Å²) in [5.41, 5.74) is 6.84. The highest BCUT2D eigenvalue weighted by molar-refractivity contribution is 6.11. The lowest BCUT2D eigenvalue weighted by Crippen LogP contribution is -2.31. The second kappa shape index (κ2) is 7.05. The summed E-state index contributed by atoms with van der Waals surface area (Å²) in [6.45, 7) is 3.97. The van der Waals surface area contributed by atoms with Crippen LogP contribution in [0.15, 0.2) is 45.7 Å². The Labute approximate surface area is 159 Å². The lowest BCUT2D eigenvalue weighted by atomic mass is 9.92. The number of allylic oxidation sites excluding steroid dienone is 3. The molecule has 0 amide bonds. The van der Waals surface area contributed by atoms with Gasteiger partial charge < -0.3 is 4.90 Å². The number of nitrogens with zero attached hydrogens (tertiary/aromatic N) is 5. The van der Waals surface area contributed by atoms with Crippen molar-refractivity contribution in [2.24, 2.45) is 9.98 Å². The van der Waals surface area contributed by atoms with E-state index in [1.807, 2.05) is 31.2 Å². The third-order valence-corrected chi connectivity index (χ3v) is 4.95. The lowest BCUT2D eigenvalue weighted by molar-refractivity contribution is 0.718. The average molecular weight is 353 g/mol. The molecule has 0 aliphatic carbocycles. The minimum atomic E-state index is 0.0770. The van der Waals surface area contributed by atoms with Crippen LogP contribution in [0.2, 0.25) is 0 Å². The van der Waals surface area contributed by atoms with Crippen molar-refractivity contribution in [1.29, 1.82) is 10.5 Å². The van der Waals surface area contributed by atoms with E-state index in [9.17, 15) is 5.26 Å². The molecule has 4 rings (SSSR count). The fourth-order valence-corrected chi connectivity index (χ4v) is 3.83. The third-order valence-electron chi connectivity index (χ3n) is 4.95. The number of aliphatic imine (C=N–C) groups is 2. The van der Waals surface area contributed by atoms with Gasteiger partial charge in [0.05, 0.1) is 0 Å². The van der Waals surface area contributed by atoms with Gasteiger partial charge >= 0.3 is 0 Å². The molecule has 5 nitrogen and oxygen atoms in total.